The van der Waals surface area contributed by atoms with Crippen molar-refractivity contribution >= 4 is 23.8 Å². The van der Waals surface area contributed by atoms with Gasteiger partial charge in [-0.05, 0) is 32.1 Å². The van der Waals surface area contributed by atoms with Gasteiger partial charge in [-0.2, -0.15) is 0 Å². The molecule has 1 unspecified atom stereocenters. The van der Waals surface area contributed by atoms with Gasteiger partial charge in [0, 0.05) is 38.2 Å². The zero-order valence-corrected chi connectivity index (χ0v) is 31.1. The quantitative estimate of drug-likeness (QED) is 0.0541. The van der Waals surface area contributed by atoms with E-state index in [0.29, 0.717) is 132 Å². The molecule has 1 heterocycles. The second-order valence-corrected chi connectivity index (χ2v) is 11.7. The van der Waals surface area contributed by atoms with Gasteiger partial charge in [0.25, 0.3) is 11.8 Å². The maximum absolute atomic E-state index is 11.9. The third kappa shape index (κ3) is 27.3. The standard InChI is InChI=1S/C36H61N3O14/c40-33(10-13-39-34(41)8-9-35(39)42)37-11-14-44-16-18-46-20-22-48-24-26-50-28-30-52-31-29-51-27-25-49-23-21-47-19-17-45-15-12-38-36(43)53-32-6-4-2-1-3-5-7-32/h1-2,8-9,32H,3-7,10-31H2,(H,37,40)(H,38,43)/b2-1-. The van der Waals surface area contributed by atoms with Crippen molar-refractivity contribution in [1.29, 1.82) is 0 Å². The van der Waals surface area contributed by atoms with Crippen LogP contribution in [0.25, 0.3) is 0 Å². The zero-order chi connectivity index (χ0) is 37.9. The van der Waals surface area contributed by atoms with Gasteiger partial charge in [-0.25, -0.2) is 4.79 Å². The number of hydrogen-bond donors (Lipinski definition) is 2. The monoisotopic (exact) mass is 759 g/mol. The highest BCUT2D eigenvalue weighted by molar-refractivity contribution is 6.13. The molecule has 0 saturated heterocycles. The van der Waals surface area contributed by atoms with E-state index in [1.165, 1.54) is 12.2 Å². The van der Waals surface area contributed by atoms with Crippen LogP contribution in [0.4, 0.5) is 4.79 Å². The predicted octanol–water partition coefficient (Wildman–Crippen LogP) is 1.18. The number of carbonyl (C=O) groups is 4. The summed E-state index contributed by atoms with van der Waals surface area (Å²) >= 11 is 0. The molecular weight excluding hydrogens is 698 g/mol. The summed E-state index contributed by atoms with van der Waals surface area (Å²) < 4.78 is 54.6. The highest BCUT2D eigenvalue weighted by Crippen LogP contribution is 2.15. The Morgan fingerprint density at radius 1 is 0.547 bits per heavy atom. The van der Waals surface area contributed by atoms with Crippen molar-refractivity contribution in [3.63, 3.8) is 0 Å². The molecule has 0 spiro atoms. The van der Waals surface area contributed by atoms with Crippen molar-refractivity contribution < 1.29 is 66.5 Å². The van der Waals surface area contributed by atoms with Gasteiger partial charge in [-0.3, -0.25) is 19.3 Å². The Morgan fingerprint density at radius 2 is 0.943 bits per heavy atom. The summed E-state index contributed by atoms with van der Waals surface area (Å²) in [5, 5.41) is 5.41. The maximum atomic E-state index is 11.9. The molecule has 53 heavy (non-hydrogen) atoms. The van der Waals surface area contributed by atoms with Gasteiger partial charge < -0.3 is 58.0 Å². The molecule has 0 aromatic heterocycles. The summed E-state index contributed by atoms with van der Waals surface area (Å²) in [4.78, 5) is 47.6. The van der Waals surface area contributed by atoms with E-state index in [1.807, 2.05) is 0 Å². The summed E-state index contributed by atoms with van der Waals surface area (Å²) in [5.74, 6) is -1.05. The third-order valence-electron chi connectivity index (χ3n) is 7.52. The van der Waals surface area contributed by atoms with E-state index in [0.717, 1.165) is 37.0 Å². The first-order valence-corrected chi connectivity index (χ1v) is 18.7. The SMILES string of the molecule is O=C(CCN1C(=O)C=CC1=O)NCCOCCOCCOCCOCCOCCOCCOCCOCCOCCNC(=O)OC1CC/C=C\CCC1. The molecule has 0 radical (unpaired) electrons. The molecular formula is C36H61N3O14. The van der Waals surface area contributed by atoms with E-state index in [9.17, 15) is 19.2 Å². The lowest BCUT2D eigenvalue weighted by atomic mass is 10.0. The summed E-state index contributed by atoms with van der Waals surface area (Å²) in [6.45, 7) is 8.71. The fourth-order valence-corrected chi connectivity index (χ4v) is 4.74. The second-order valence-electron chi connectivity index (χ2n) is 11.7. The largest absolute Gasteiger partial charge is 0.446 e. The van der Waals surface area contributed by atoms with Crippen LogP contribution >= 0.6 is 0 Å². The van der Waals surface area contributed by atoms with Crippen LogP contribution in [0.5, 0.6) is 0 Å². The predicted molar refractivity (Wildman–Crippen MR) is 191 cm³/mol. The Labute approximate surface area is 313 Å². The van der Waals surface area contributed by atoms with E-state index in [4.69, 9.17) is 47.4 Å². The molecule has 17 nitrogen and oxygen atoms in total. The first-order chi connectivity index (χ1) is 26.1. The normalized spacial score (nSPS) is 16.5. The Kier molecular flexibility index (Phi) is 29.2. The van der Waals surface area contributed by atoms with Gasteiger partial charge >= 0.3 is 6.09 Å². The summed E-state index contributed by atoms with van der Waals surface area (Å²) in [6, 6.07) is 0. The third-order valence-corrected chi connectivity index (χ3v) is 7.52. The summed E-state index contributed by atoms with van der Waals surface area (Å²) in [6.07, 6.45) is 11.2. The number of nitrogens with zero attached hydrogens (tertiary/aromatic N) is 1. The number of ether oxygens (including phenoxy) is 10. The highest BCUT2D eigenvalue weighted by atomic mass is 16.6. The van der Waals surface area contributed by atoms with Crippen molar-refractivity contribution in [2.45, 2.75) is 44.6 Å². The molecule has 0 saturated carbocycles. The molecule has 304 valence electrons. The summed E-state index contributed by atoms with van der Waals surface area (Å²) in [5.41, 5.74) is 0. The van der Waals surface area contributed by atoms with Crippen molar-refractivity contribution in [1.82, 2.24) is 15.5 Å². The highest BCUT2D eigenvalue weighted by Gasteiger charge is 2.23. The number of alkyl carbamates (subject to hydrolysis) is 1. The number of allylic oxidation sites excluding steroid dienone is 2. The number of carbonyl (C=O) groups excluding carboxylic acids is 4. The van der Waals surface area contributed by atoms with Crippen LogP contribution in [-0.2, 0) is 61.8 Å². The van der Waals surface area contributed by atoms with Crippen molar-refractivity contribution in [2.24, 2.45) is 0 Å². The first kappa shape index (κ1) is 46.2. The van der Waals surface area contributed by atoms with E-state index in [-0.39, 0.29) is 31.1 Å². The van der Waals surface area contributed by atoms with Crippen LogP contribution in [0.15, 0.2) is 24.3 Å². The van der Waals surface area contributed by atoms with Crippen LogP contribution < -0.4 is 10.6 Å². The van der Waals surface area contributed by atoms with Crippen LogP contribution in [0.2, 0.25) is 0 Å². The first-order valence-electron chi connectivity index (χ1n) is 18.7. The lowest BCUT2D eigenvalue weighted by molar-refractivity contribution is -0.137. The van der Waals surface area contributed by atoms with Gasteiger partial charge in [0.1, 0.15) is 6.10 Å². The molecule has 0 bridgehead atoms. The Bertz CT molecular complexity index is 1010. The summed E-state index contributed by atoms with van der Waals surface area (Å²) in [7, 11) is 0. The van der Waals surface area contributed by atoms with E-state index in [1.54, 1.807) is 0 Å². The van der Waals surface area contributed by atoms with Gasteiger partial charge in [0.2, 0.25) is 5.91 Å². The van der Waals surface area contributed by atoms with Crippen molar-refractivity contribution in [3.8, 4) is 0 Å². The average Bonchev–Trinajstić information content (AvgIpc) is 3.46. The molecule has 1 aliphatic heterocycles. The lowest BCUT2D eigenvalue weighted by Crippen LogP contribution is -2.35. The molecule has 0 aromatic carbocycles. The fraction of sp³-hybridized carbons (Fsp3) is 0.778. The van der Waals surface area contributed by atoms with Gasteiger partial charge in [0.15, 0.2) is 0 Å². The maximum Gasteiger partial charge on any atom is 0.407 e. The Morgan fingerprint density at radius 3 is 1.40 bits per heavy atom. The van der Waals surface area contributed by atoms with Crippen LogP contribution in [-0.4, -0.2) is 173 Å². The molecule has 2 N–H and O–H groups in total. The van der Waals surface area contributed by atoms with Gasteiger partial charge in [-0.15, -0.1) is 0 Å². The number of amides is 4. The Hall–Kier alpha value is -3.00. The number of imide groups is 1. The smallest absolute Gasteiger partial charge is 0.407 e. The van der Waals surface area contributed by atoms with E-state index < -0.39 is 11.8 Å². The molecule has 4 amide bonds. The topological polar surface area (TPSA) is 188 Å². The number of nitrogens with one attached hydrogen (secondary N) is 2. The minimum Gasteiger partial charge on any atom is -0.446 e. The van der Waals surface area contributed by atoms with Gasteiger partial charge in [-0.1, -0.05) is 12.2 Å². The van der Waals surface area contributed by atoms with Crippen LogP contribution in [0, 0.1) is 0 Å². The zero-order valence-electron chi connectivity index (χ0n) is 31.1. The van der Waals surface area contributed by atoms with Crippen molar-refractivity contribution in [2.75, 3.05) is 139 Å². The van der Waals surface area contributed by atoms with Crippen LogP contribution in [0.3, 0.4) is 0 Å². The molecule has 17 heteroatoms. The fourth-order valence-electron chi connectivity index (χ4n) is 4.74. The molecule has 0 aromatic rings. The molecule has 2 aliphatic rings. The van der Waals surface area contributed by atoms with Crippen LogP contribution in [0.1, 0.15) is 38.5 Å². The minimum atomic E-state index is -0.399. The molecule has 1 atom stereocenters. The van der Waals surface area contributed by atoms with Gasteiger partial charge in [0.05, 0.1) is 119 Å². The lowest BCUT2D eigenvalue weighted by Gasteiger charge is -2.18. The minimum absolute atomic E-state index is 0.0162. The van der Waals surface area contributed by atoms with E-state index >= 15 is 0 Å². The average molecular weight is 760 g/mol. The molecule has 2 rings (SSSR count). The van der Waals surface area contributed by atoms with E-state index in [2.05, 4.69) is 22.8 Å². The number of hydrogen-bond acceptors (Lipinski definition) is 14. The number of rotatable bonds is 34. The molecule has 0 fully saturated rings. The Balaban J connectivity index is 1.17. The van der Waals surface area contributed by atoms with Crippen molar-refractivity contribution in [3.05, 3.63) is 24.3 Å². The second kappa shape index (κ2) is 33.6. The molecule has 1 aliphatic carbocycles.